The molecule has 2 aromatic rings. The van der Waals surface area contributed by atoms with E-state index in [0.29, 0.717) is 19.8 Å². The Balaban J connectivity index is 1.42. The van der Waals surface area contributed by atoms with Crippen molar-refractivity contribution in [3.05, 3.63) is 48.0 Å². The topological polar surface area (TPSA) is 74.9 Å². The first-order valence-corrected chi connectivity index (χ1v) is 10.7. The Morgan fingerprint density at radius 3 is 2.93 bits per heavy atom. The quantitative estimate of drug-likeness (QED) is 0.363. The molecule has 0 radical (unpaired) electrons. The van der Waals surface area contributed by atoms with Crippen LogP contribution in [0.3, 0.4) is 0 Å². The zero-order chi connectivity index (χ0) is 20.2. The van der Waals surface area contributed by atoms with E-state index in [-0.39, 0.29) is 0 Å². The summed E-state index contributed by atoms with van der Waals surface area (Å²) < 4.78 is 10.9. The lowest BCUT2D eigenvalue weighted by Crippen LogP contribution is -2.38. The molecular formula is C22H33N5O2. The smallest absolute Gasteiger partial charge is 0.191 e. The molecule has 0 spiro atoms. The monoisotopic (exact) mass is 399 g/mol. The van der Waals surface area contributed by atoms with Crippen LogP contribution in [0, 0.1) is 0 Å². The van der Waals surface area contributed by atoms with Crippen LogP contribution in [-0.2, 0) is 17.9 Å². The molecule has 0 aliphatic carbocycles. The first-order valence-electron chi connectivity index (χ1n) is 10.7. The van der Waals surface area contributed by atoms with E-state index in [1.54, 1.807) is 6.26 Å². The summed E-state index contributed by atoms with van der Waals surface area (Å²) in [6.45, 7) is 7.74. The summed E-state index contributed by atoms with van der Waals surface area (Å²) in [6, 6.07) is 8.01. The van der Waals surface area contributed by atoms with Gasteiger partial charge in [-0.3, -0.25) is 0 Å². The van der Waals surface area contributed by atoms with Crippen molar-refractivity contribution in [2.45, 2.75) is 45.8 Å². The van der Waals surface area contributed by atoms with Crippen LogP contribution >= 0.6 is 0 Å². The van der Waals surface area contributed by atoms with Crippen LogP contribution in [0.4, 0.5) is 5.82 Å². The fourth-order valence-corrected chi connectivity index (χ4v) is 3.32. The van der Waals surface area contributed by atoms with Gasteiger partial charge >= 0.3 is 0 Å². The third-order valence-electron chi connectivity index (χ3n) is 4.84. The van der Waals surface area contributed by atoms with E-state index in [4.69, 9.17) is 14.1 Å². The highest BCUT2D eigenvalue weighted by Crippen LogP contribution is 2.18. The minimum Gasteiger partial charge on any atom is -0.467 e. The van der Waals surface area contributed by atoms with Crippen molar-refractivity contribution >= 4 is 11.8 Å². The number of hydrogen-bond donors (Lipinski definition) is 2. The fraction of sp³-hybridized carbons (Fsp3) is 0.545. The van der Waals surface area contributed by atoms with Gasteiger partial charge in [-0.05, 0) is 62.4 Å². The number of nitrogens with zero attached hydrogens (tertiary/aromatic N) is 3. The molecule has 2 N–H and O–H groups in total. The van der Waals surface area contributed by atoms with Crippen molar-refractivity contribution in [3.63, 3.8) is 0 Å². The third kappa shape index (κ3) is 7.42. The molecule has 0 atom stereocenters. The molecule has 7 heteroatoms. The second-order valence-corrected chi connectivity index (χ2v) is 7.18. The van der Waals surface area contributed by atoms with Gasteiger partial charge in [0.2, 0.25) is 0 Å². The Kier molecular flexibility index (Phi) is 8.85. The molecule has 0 bridgehead atoms. The predicted octanol–water partition coefficient (Wildman–Crippen LogP) is 3.33. The van der Waals surface area contributed by atoms with Crippen LogP contribution in [0.15, 0.2) is 46.1 Å². The molecular weight excluding hydrogens is 366 g/mol. The summed E-state index contributed by atoms with van der Waals surface area (Å²) in [5.41, 5.74) is 1.18. The number of ether oxygens (including phenoxy) is 1. The summed E-state index contributed by atoms with van der Waals surface area (Å²) in [5.74, 6) is 2.76. The standard InChI is InChI=1S/C22H33N5O2/c1-2-23-22(25-10-7-14-28-18-20-8-6-15-29-20)26-17-19-9-11-24-21(16-19)27-12-4-3-5-13-27/h6,8-9,11,15-16H,2-5,7,10,12-14,17-18H2,1H3,(H2,23,25,26). The molecule has 3 heterocycles. The summed E-state index contributed by atoms with van der Waals surface area (Å²) in [4.78, 5) is 11.6. The number of piperidine rings is 1. The SMILES string of the molecule is CCNC(=NCc1ccnc(N2CCCCC2)c1)NCCCOCc1ccco1. The molecule has 29 heavy (non-hydrogen) atoms. The zero-order valence-corrected chi connectivity index (χ0v) is 17.4. The van der Waals surface area contributed by atoms with Crippen LogP contribution in [0.1, 0.15) is 43.9 Å². The Labute approximate surface area is 173 Å². The summed E-state index contributed by atoms with van der Waals surface area (Å²) in [7, 11) is 0. The number of guanidine groups is 1. The van der Waals surface area contributed by atoms with Crippen LogP contribution in [0.25, 0.3) is 0 Å². The molecule has 0 unspecified atom stereocenters. The maximum atomic E-state index is 5.61. The molecule has 0 saturated carbocycles. The average Bonchev–Trinajstić information content (AvgIpc) is 3.29. The predicted molar refractivity (Wildman–Crippen MR) is 116 cm³/mol. The van der Waals surface area contributed by atoms with E-state index < -0.39 is 0 Å². The van der Waals surface area contributed by atoms with E-state index in [1.165, 1.54) is 24.8 Å². The van der Waals surface area contributed by atoms with Crippen LogP contribution in [-0.4, -0.2) is 43.7 Å². The fourth-order valence-electron chi connectivity index (χ4n) is 3.32. The van der Waals surface area contributed by atoms with Gasteiger partial charge in [0.15, 0.2) is 5.96 Å². The van der Waals surface area contributed by atoms with Gasteiger partial charge in [0, 0.05) is 39.0 Å². The van der Waals surface area contributed by atoms with E-state index in [1.807, 2.05) is 24.4 Å². The van der Waals surface area contributed by atoms with E-state index in [9.17, 15) is 0 Å². The van der Waals surface area contributed by atoms with Crippen molar-refractivity contribution in [1.82, 2.24) is 15.6 Å². The van der Waals surface area contributed by atoms with Gasteiger partial charge in [-0.2, -0.15) is 0 Å². The molecule has 7 nitrogen and oxygen atoms in total. The first-order chi connectivity index (χ1) is 14.3. The molecule has 1 aliphatic rings. The summed E-state index contributed by atoms with van der Waals surface area (Å²) in [6.07, 6.45) is 8.29. The third-order valence-corrected chi connectivity index (χ3v) is 4.84. The number of anilines is 1. The summed E-state index contributed by atoms with van der Waals surface area (Å²) >= 11 is 0. The highest BCUT2D eigenvalue weighted by atomic mass is 16.5. The second-order valence-electron chi connectivity index (χ2n) is 7.18. The van der Waals surface area contributed by atoms with Crippen molar-refractivity contribution in [1.29, 1.82) is 0 Å². The van der Waals surface area contributed by atoms with Crippen LogP contribution in [0.5, 0.6) is 0 Å². The Hall–Kier alpha value is -2.54. The molecule has 1 aliphatic heterocycles. The number of rotatable bonds is 10. The van der Waals surface area contributed by atoms with E-state index >= 15 is 0 Å². The maximum absolute atomic E-state index is 5.61. The van der Waals surface area contributed by atoms with Gasteiger partial charge in [0.25, 0.3) is 0 Å². The Morgan fingerprint density at radius 1 is 1.24 bits per heavy atom. The van der Waals surface area contributed by atoms with E-state index in [0.717, 1.165) is 50.1 Å². The van der Waals surface area contributed by atoms with Gasteiger partial charge in [-0.1, -0.05) is 0 Å². The Bertz CT molecular complexity index is 727. The normalized spacial score (nSPS) is 14.8. The molecule has 0 aromatic carbocycles. The van der Waals surface area contributed by atoms with Crippen molar-refractivity contribution in [3.8, 4) is 0 Å². The molecule has 2 aromatic heterocycles. The highest BCUT2D eigenvalue weighted by molar-refractivity contribution is 5.79. The number of hydrogen-bond acceptors (Lipinski definition) is 5. The highest BCUT2D eigenvalue weighted by Gasteiger charge is 2.12. The van der Waals surface area contributed by atoms with Crippen molar-refractivity contribution < 1.29 is 9.15 Å². The number of nitrogens with one attached hydrogen (secondary N) is 2. The number of aromatic nitrogens is 1. The lowest BCUT2D eigenvalue weighted by molar-refractivity contribution is 0.105. The summed E-state index contributed by atoms with van der Waals surface area (Å²) in [5, 5.41) is 6.67. The van der Waals surface area contributed by atoms with Gasteiger partial charge in [0.05, 0.1) is 12.8 Å². The average molecular weight is 400 g/mol. The molecule has 158 valence electrons. The lowest BCUT2D eigenvalue weighted by Gasteiger charge is -2.27. The zero-order valence-electron chi connectivity index (χ0n) is 17.4. The molecule has 1 saturated heterocycles. The van der Waals surface area contributed by atoms with Crippen molar-refractivity contribution in [2.24, 2.45) is 4.99 Å². The molecule has 1 fully saturated rings. The van der Waals surface area contributed by atoms with Crippen LogP contribution < -0.4 is 15.5 Å². The van der Waals surface area contributed by atoms with Gasteiger partial charge in [-0.15, -0.1) is 0 Å². The number of aliphatic imine (C=N–C) groups is 1. The maximum Gasteiger partial charge on any atom is 0.191 e. The van der Waals surface area contributed by atoms with Gasteiger partial charge in [0.1, 0.15) is 18.2 Å². The molecule has 0 amide bonds. The van der Waals surface area contributed by atoms with Gasteiger partial charge in [-0.25, -0.2) is 9.98 Å². The second kappa shape index (κ2) is 12.1. The van der Waals surface area contributed by atoms with Crippen molar-refractivity contribution in [2.75, 3.05) is 37.7 Å². The minimum atomic E-state index is 0.516. The van der Waals surface area contributed by atoms with Crippen LogP contribution in [0.2, 0.25) is 0 Å². The first kappa shape index (κ1) is 21.2. The largest absolute Gasteiger partial charge is 0.467 e. The minimum absolute atomic E-state index is 0.516. The number of pyridine rings is 1. The molecule has 3 rings (SSSR count). The lowest BCUT2D eigenvalue weighted by atomic mass is 10.1. The van der Waals surface area contributed by atoms with Gasteiger partial charge < -0.3 is 24.7 Å². The Morgan fingerprint density at radius 2 is 2.14 bits per heavy atom. The van der Waals surface area contributed by atoms with E-state index in [2.05, 4.69) is 33.5 Å². The number of furan rings is 1.